The van der Waals surface area contributed by atoms with Crippen molar-refractivity contribution in [1.29, 1.82) is 0 Å². The number of rotatable bonds is 2. The molecule has 0 saturated heterocycles. The standard InChI is InChI=1S/C16H18FN5O/c1-9(18)14-12(7-20-8-13(14)17)11-5-10-3-2-4-22(16(19)23)15(10)21-6-11/h5-9H,2-4,18H2,1H3,(H2,19,23). The van der Waals surface area contributed by atoms with E-state index in [1.165, 1.54) is 4.90 Å². The second kappa shape index (κ2) is 5.92. The fraction of sp³-hybridized carbons (Fsp3) is 0.312. The van der Waals surface area contributed by atoms with Crippen molar-refractivity contribution >= 4 is 11.8 Å². The Kier molecular flexibility index (Phi) is 3.96. The second-order valence-corrected chi connectivity index (χ2v) is 5.67. The van der Waals surface area contributed by atoms with Gasteiger partial charge >= 0.3 is 6.03 Å². The topological polar surface area (TPSA) is 98.1 Å². The Hall–Kier alpha value is -2.54. The number of anilines is 1. The van der Waals surface area contributed by atoms with E-state index in [2.05, 4.69) is 9.97 Å². The van der Waals surface area contributed by atoms with Crippen LogP contribution in [0.25, 0.3) is 11.1 Å². The highest BCUT2D eigenvalue weighted by Gasteiger charge is 2.23. The third-order valence-corrected chi connectivity index (χ3v) is 4.00. The Bertz CT molecular complexity index is 762. The smallest absolute Gasteiger partial charge is 0.320 e. The van der Waals surface area contributed by atoms with Gasteiger partial charge in [-0.3, -0.25) is 9.88 Å². The molecule has 2 aromatic rings. The number of carbonyl (C=O) groups excluding carboxylic acids is 1. The molecule has 0 spiro atoms. The molecule has 1 aliphatic heterocycles. The predicted molar refractivity (Wildman–Crippen MR) is 85.3 cm³/mol. The molecule has 2 aromatic heterocycles. The van der Waals surface area contributed by atoms with E-state index in [4.69, 9.17) is 11.5 Å². The van der Waals surface area contributed by atoms with Gasteiger partial charge in [0.2, 0.25) is 0 Å². The lowest BCUT2D eigenvalue weighted by molar-refractivity contribution is 0.253. The van der Waals surface area contributed by atoms with Crippen LogP contribution in [0.5, 0.6) is 0 Å². The van der Waals surface area contributed by atoms with Crippen LogP contribution in [0, 0.1) is 5.82 Å². The molecule has 0 radical (unpaired) electrons. The molecule has 120 valence electrons. The summed E-state index contributed by atoms with van der Waals surface area (Å²) in [5, 5.41) is 0. The minimum Gasteiger partial charge on any atom is -0.351 e. The zero-order chi connectivity index (χ0) is 16.6. The van der Waals surface area contributed by atoms with E-state index < -0.39 is 17.9 Å². The summed E-state index contributed by atoms with van der Waals surface area (Å²) in [5.41, 5.74) is 13.9. The third kappa shape index (κ3) is 2.75. The highest BCUT2D eigenvalue weighted by molar-refractivity contribution is 5.91. The Morgan fingerprint density at radius 3 is 2.87 bits per heavy atom. The molecule has 2 amide bonds. The van der Waals surface area contributed by atoms with E-state index in [0.717, 1.165) is 30.2 Å². The predicted octanol–water partition coefficient (Wildman–Crippen LogP) is 2.13. The molecule has 3 heterocycles. The molecule has 0 bridgehead atoms. The summed E-state index contributed by atoms with van der Waals surface area (Å²) in [4.78, 5) is 21.2. The highest BCUT2D eigenvalue weighted by Crippen LogP contribution is 2.32. The fourth-order valence-corrected chi connectivity index (χ4v) is 2.96. The Morgan fingerprint density at radius 1 is 1.39 bits per heavy atom. The van der Waals surface area contributed by atoms with Crippen molar-refractivity contribution in [3.8, 4) is 11.1 Å². The first-order chi connectivity index (χ1) is 11.0. The van der Waals surface area contributed by atoms with E-state index >= 15 is 0 Å². The van der Waals surface area contributed by atoms with Gasteiger partial charge in [-0.25, -0.2) is 14.2 Å². The van der Waals surface area contributed by atoms with Gasteiger partial charge < -0.3 is 11.5 Å². The number of pyridine rings is 2. The van der Waals surface area contributed by atoms with Crippen molar-refractivity contribution < 1.29 is 9.18 Å². The first-order valence-corrected chi connectivity index (χ1v) is 7.44. The Labute approximate surface area is 133 Å². The highest BCUT2D eigenvalue weighted by atomic mass is 19.1. The molecule has 4 N–H and O–H groups in total. The van der Waals surface area contributed by atoms with Gasteiger partial charge in [-0.2, -0.15) is 0 Å². The molecule has 3 rings (SSSR count). The van der Waals surface area contributed by atoms with Crippen LogP contribution < -0.4 is 16.4 Å². The summed E-state index contributed by atoms with van der Waals surface area (Å²) in [6, 6.07) is 0.917. The first-order valence-electron chi connectivity index (χ1n) is 7.44. The lowest BCUT2D eigenvalue weighted by atomic mass is 9.96. The summed E-state index contributed by atoms with van der Waals surface area (Å²) in [7, 11) is 0. The number of amides is 2. The zero-order valence-electron chi connectivity index (χ0n) is 12.8. The van der Waals surface area contributed by atoms with Gasteiger partial charge in [0.05, 0.1) is 6.20 Å². The molecule has 0 aliphatic carbocycles. The summed E-state index contributed by atoms with van der Waals surface area (Å²) >= 11 is 0. The van der Waals surface area contributed by atoms with Crippen molar-refractivity contribution in [3.05, 3.63) is 41.6 Å². The number of urea groups is 1. The summed E-state index contributed by atoms with van der Waals surface area (Å²) < 4.78 is 14.1. The molecule has 7 heteroatoms. The maximum atomic E-state index is 14.1. The largest absolute Gasteiger partial charge is 0.351 e. The lowest BCUT2D eigenvalue weighted by Gasteiger charge is -2.27. The van der Waals surface area contributed by atoms with Crippen LogP contribution in [0.15, 0.2) is 24.7 Å². The van der Waals surface area contributed by atoms with Crippen LogP contribution in [0.1, 0.15) is 30.5 Å². The SMILES string of the molecule is CC(N)c1c(F)cncc1-c1cnc2c(c1)CCCN2C(N)=O. The average molecular weight is 315 g/mol. The van der Waals surface area contributed by atoms with Crippen molar-refractivity contribution in [3.63, 3.8) is 0 Å². The molecule has 0 fully saturated rings. The summed E-state index contributed by atoms with van der Waals surface area (Å²) in [5.74, 6) is 0.133. The van der Waals surface area contributed by atoms with Gasteiger partial charge in [0.15, 0.2) is 0 Å². The summed E-state index contributed by atoms with van der Waals surface area (Å²) in [6.07, 6.45) is 5.93. The summed E-state index contributed by atoms with van der Waals surface area (Å²) in [6.45, 7) is 2.28. The van der Waals surface area contributed by atoms with Crippen LogP contribution in [-0.4, -0.2) is 22.5 Å². The minimum atomic E-state index is -0.519. The molecule has 1 aliphatic rings. The van der Waals surface area contributed by atoms with Crippen LogP contribution in [0.2, 0.25) is 0 Å². The van der Waals surface area contributed by atoms with Crippen molar-refractivity contribution in [1.82, 2.24) is 9.97 Å². The van der Waals surface area contributed by atoms with Crippen LogP contribution in [0.3, 0.4) is 0 Å². The number of nitrogens with zero attached hydrogens (tertiary/aromatic N) is 3. The maximum absolute atomic E-state index is 14.1. The van der Waals surface area contributed by atoms with Gasteiger partial charge in [-0.15, -0.1) is 0 Å². The Balaban J connectivity index is 2.10. The molecule has 6 nitrogen and oxygen atoms in total. The van der Waals surface area contributed by atoms with Crippen molar-refractivity contribution in [2.75, 3.05) is 11.4 Å². The lowest BCUT2D eigenvalue weighted by Crippen LogP contribution is -2.40. The maximum Gasteiger partial charge on any atom is 0.320 e. The average Bonchev–Trinajstić information content (AvgIpc) is 2.53. The van der Waals surface area contributed by atoms with Gasteiger partial charge in [0, 0.05) is 41.7 Å². The number of aromatic nitrogens is 2. The molecule has 1 atom stereocenters. The number of nitrogens with two attached hydrogens (primary N) is 2. The molecule has 0 aromatic carbocycles. The molecule has 23 heavy (non-hydrogen) atoms. The number of hydrogen-bond donors (Lipinski definition) is 2. The van der Waals surface area contributed by atoms with Gasteiger partial charge in [-0.05, 0) is 31.4 Å². The normalized spacial score (nSPS) is 15.2. The van der Waals surface area contributed by atoms with Crippen molar-refractivity contribution in [2.24, 2.45) is 11.5 Å². The molecule has 1 unspecified atom stereocenters. The Morgan fingerprint density at radius 2 is 2.17 bits per heavy atom. The van der Waals surface area contributed by atoms with Gasteiger partial charge in [0.25, 0.3) is 0 Å². The van der Waals surface area contributed by atoms with Crippen molar-refractivity contribution in [2.45, 2.75) is 25.8 Å². The van der Waals surface area contributed by atoms with Gasteiger partial charge in [0.1, 0.15) is 11.6 Å². The monoisotopic (exact) mass is 315 g/mol. The molecular weight excluding hydrogens is 297 g/mol. The van der Waals surface area contributed by atoms with E-state index in [-0.39, 0.29) is 0 Å². The number of hydrogen-bond acceptors (Lipinski definition) is 4. The fourth-order valence-electron chi connectivity index (χ4n) is 2.96. The van der Waals surface area contributed by atoms with Crippen LogP contribution in [-0.2, 0) is 6.42 Å². The quantitative estimate of drug-likeness (QED) is 0.887. The molecule has 0 saturated carbocycles. The number of carbonyl (C=O) groups is 1. The third-order valence-electron chi connectivity index (χ3n) is 4.00. The number of fused-ring (bicyclic) bond motifs is 1. The first kappa shape index (κ1) is 15.4. The zero-order valence-corrected chi connectivity index (χ0v) is 12.8. The number of aryl methyl sites for hydroxylation is 1. The number of primary amides is 1. The van der Waals surface area contributed by atoms with E-state index in [1.54, 1.807) is 19.3 Å². The number of halogens is 1. The van der Waals surface area contributed by atoms with Crippen LogP contribution >= 0.6 is 0 Å². The second-order valence-electron chi connectivity index (χ2n) is 5.67. The van der Waals surface area contributed by atoms with Gasteiger partial charge in [-0.1, -0.05) is 0 Å². The van der Waals surface area contributed by atoms with E-state index in [9.17, 15) is 9.18 Å². The van der Waals surface area contributed by atoms with Crippen LogP contribution in [0.4, 0.5) is 15.0 Å². The minimum absolute atomic E-state index is 0.407. The molecular formula is C16H18FN5O. The van der Waals surface area contributed by atoms with E-state index in [1.807, 2.05) is 6.07 Å². The van der Waals surface area contributed by atoms with E-state index in [0.29, 0.717) is 23.5 Å².